The van der Waals surface area contributed by atoms with Gasteiger partial charge in [-0.25, -0.2) is 0 Å². The van der Waals surface area contributed by atoms with Gasteiger partial charge in [-0.05, 0) is 33.6 Å². The first kappa shape index (κ1) is 35.4. The van der Waals surface area contributed by atoms with Gasteiger partial charge in [-0.2, -0.15) is 0 Å². The van der Waals surface area contributed by atoms with Gasteiger partial charge in [-0.3, -0.25) is 43.2 Å². The molecule has 0 saturated carbocycles. The van der Waals surface area contributed by atoms with E-state index in [1.54, 1.807) is 0 Å². The van der Waals surface area contributed by atoms with Gasteiger partial charge >= 0.3 is 11.9 Å². The highest BCUT2D eigenvalue weighted by atomic mass is 16.4. The molecule has 0 aromatic carbocycles. The van der Waals surface area contributed by atoms with E-state index >= 15 is 0 Å². The molecule has 0 radical (unpaired) electrons. The molecule has 0 aliphatic heterocycles. The number of carboxylic acids is 2. The number of Topliss-reactive ketones (excluding diaryl/α,β-unsaturated/α-hetero) is 1. The monoisotopic (exact) mass is 572 g/mol. The second kappa shape index (κ2) is 17.8. The number of ketones is 1. The number of nitrogens with one attached hydrogen (secondary N) is 6. The summed E-state index contributed by atoms with van der Waals surface area (Å²) in [5.41, 5.74) is 0. The first-order valence-electron chi connectivity index (χ1n) is 12.2. The van der Waals surface area contributed by atoms with Crippen molar-refractivity contribution in [1.29, 1.82) is 0 Å². The minimum Gasteiger partial charge on any atom is -0.481 e. The van der Waals surface area contributed by atoms with Crippen molar-refractivity contribution >= 4 is 53.2 Å². The van der Waals surface area contributed by atoms with Crippen LogP contribution in [0.4, 0.5) is 0 Å². The summed E-state index contributed by atoms with van der Waals surface area (Å²) in [4.78, 5) is 106. The van der Waals surface area contributed by atoms with E-state index in [4.69, 9.17) is 10.2 Å². The smallest absolute Gasteiger partial charge is 0.303 e. The standard InChI is InChI=1S/C23H36N6O11/c1-11(30)9-24-22(39)15(5-7-18(33)34)29-21(38)13(3)26-17(32)10-25-20(37)12(2)27-23(40)16(28-14(4)31)6-8-19(35)36/h12-13,15-16H,5-10H2,1-4H3,(H,24,39)(H,25,37)(H,26,32)(H,27,40)(H,28,31)(H,29,38)(H,33,34)(H,35,36)/t12-,13-,15-,16-/m0/s1. The van der Waals surface area contributed by atoms with Gasteiger partial charge in [0, 0.05) is 19.8 Å². The van der Waals surface area contributed by atoms with Gasteiger partial charge in [0.1, 0.15) is 30.0 Å². The third-order valence-electron chi connectivity index (χ3n) is 5.08. The van der Waals surface area contributed by atoms with Gasteiger partial charge < -0.3 is 42.1 Å². The number of hydrogen-bond acceptors (Lipinski definition) is 9. The van der Waals surface area contributed by atoms with Crippen molar-refractivity contribution in [2.24, 2.45) is 0 Å². The lowest BCUT2D eigenvalue weighted by Gasteiger charge is -2.21. The number of hydrogen-bond donors (Lipinski definition) is 8. The molecule has 0 heterocycles. The highest BCUT2D eigenvalue weighted by Crippen LogP contribution is 2.01. The molecule has 8 N–H and O–H groups in total. The fourth-order valence-electron chi connectivity index (χ4n) is 3.01. The maximum atomic E-state index is 12.5. The molecule has 4 atom stereocenters. The fourth-order valence-corrected chi connectivity index (χ4v) is 3.01. The molecule has 0 spiro atoms. The van der Waals surface area contributed by atoms with Gasteiger partial charge in [-0.1, -0.05) is 0 Å². The molecule has 0 aliphatic carbocycles. The van der Waals surface area contributed by atoms with E-state index in [1.165, 1.54) is 20.8 Å². The molecule has 0 unspecified atom stereocenters. The number of aliphatic carboxylic acids is 2. The quantitative estimate of drug-likeness (QED) is 0.0799. The fraction of sp³-hybridized carbons (Fsp3) is 0.609. The summed E-state index contributed by atoms with van der Waals surface area (Å²) in [6.07, 6.45) is -1.35. The number of rotatable bonds is 18. The average molecular weight is 573 g/mol. The molecule has 0 aromatic heterocycles. The Kier molecular flexibility index (Phi) is 15.8. The predicted octanol–water partition coefficient (Wildman–Crippen LogP) is -3.46. The average Bonchev–Trinajstić information content (AvgIpc) is 2.85. The second-order valence-electron chi connectivity index (χ2n) is 8.84. The van der Waals surface area contributed by atoms with Crippen molar-refractivity contribution in [1.82, 2.24) is 31.9 Å². The second-order valence-corrected chi connectivity index (χ2v) is 8.84. The first-order valence-corrected chi connectivity index (χ1v) is 12.2. The van der Waals surface area contributed by atoms with Crippen LogP contribution in [0.15, 0.2) is 0 Å². The summed E-state index contributed by atoms with van der Waals surface area (Å²) < 4.78 is 0. The SMILES string of the molecule is CC(=O)CNC(=O)[C@H](CCC(=O)O)NC(=O)[C@H](C)NC(=O)CNC(=O)[C@H](C)NC(=O)[C@H](CCC(=O)O)NC(C)=O. The zero-order valence-electron chi connectivity index (χ0n) is 22.6. The van der Waals surface area contributed by atoms with Crippen molar-refractivity contribution in [2.45, 2.75) is 77.5 Å². The molecule has 0 aromatic rings. The normalized spacial score (nSPS) is 13.3. The number of carbonyl (C=O) groups is 9. The van der Waals surface area contributed by atoms with Crippen LogP contribution in [-0.4, -0.2) is 101 Å². The van der Waals surface area contributed by atoms with Crippen molar-refractivity contribution in [2.75, 3.05) is 13.1 Å². The largest absolute Gasteiger partial charge is 0.481 e. The van der Waals surface area contributed by atoms with Crippen LogP contribution in [0.2, 0.25) is 0 Å². The summed E-state index contributed by atoms with van der Waals surface area (Å²) in [5.74, 6) is -7.37. The molecule has 0 fully saturated rings. The Hall–Kier alpha value is -4.57. The molecule has 0 aliphatic rings. The minimum atomic E-state index is -1.29. The van der Waals surface area contributed by atoms with Crippen molar-refractivity contribution in [3.05, 3.63) is 0 Å². The molecule has 224 valence electrons. The summed E-state index contributed by atoms with van der Waals surface area (Å²) in [6, 6.07) is -4.87. The van der Waals surface area contributed by atoms with E-state index < -0.39 is 90.9 Å². The maximum Gasteiger partial charge on any atom is 0.303 e. The van der Waals surface area contributed by atoms with Crippen LogP contribution in [-0.2, 0) is 43.2 Å². The van der Waals surface area contributed by atoms with Gasteiger partial charge in [0.2, 0.25) is 35.4 Å². The van der Waals surface area contributed by atoms with Crippen LogP contribution in [0.3, 0.4) is 0 Å². The van der Waals surface area contributed by atoms with Crippen molar-refractivity contribution in [3.8, 4) is 0 Å². The Bertz CT molecular complexity index is 1000. The van der Waals surface area contributed by atoms with E-state index in [9.17, 15) is 43.2 Å². The summed E-state index contributed by atoms with van der Waals surface area (Å²) in [6.45, 7) is 4.00. The Morgan fingerprint density at radius 1 is 0.575 bits per heavy atom. The van der Waals surface area contributed by atoms with Crippen molar-refractivity contribution < 1.29 is 53.4 Å². The maximum absolute atomic E-state index is 12.5. The van der Waals surface area contributed by atoms with Crippen LogP contribution in [0.1, 0.15) is 53.4 Å². The Balaban J connectivity index is 4.89. The van der Waals surface area contributed by atoms with Gasteiger partial charge in [-0.15, -0.1) is 0 Å². The van der Waals surface area contributed by atoms with Gasteiger partial charge in [0.05, 0.1) is 13.1 Å². The molecule has 17 nitrogen and oxygen atoms in total. The van der Waals surface area contributed by atoms with E-state index in [0.29, 0.717) is 0 Å². The highest BCUT2D eigenvalue weighted by Gasteiger charge is 2.26. The third-order valence-corrected chi connectivity index (χ3v) is 5.08. The van der Waals surface area contributed by atoms with Crippen LogP contribution in [0.5, 0.6) is 0 Å². The summed E-state index contributed by atoms with van der Waals surface area (Å²) >= 11 is 0. The zero-order valence-corrected chi connectivity index (χ0v) is 22.6. The lowest BCUT2D eigenvalue weighted by atomic mass is 10.1. The van der Waals surface area contributed by atoms with Crippen LogP contribution in [0.25, 0.3) is 0 Å². The molecule has 0 bridgehead atoms. The van der Waals surface area contributed by atoms with E-state index in [1.807, 2.05) is 0 Å². The minimum absolute atomic E-state index is 0.215. The molecule has 40 heavy (non-hydrogen) atoms. The molecule has 0 saturated heterocycles. The van der Waals surface area contributed by atoms with E-state index in [-0.39, 0.29) is 25.2 Å². The first-order chi connectivity index (χ1) is 18.5. The van der Waals surface area contributed by atoms with E-state index in [2.05, 4.69) is 31.9 Å². The molecule has 17 heteroatoms. The van der Waals surface area contributed by atoms with Crippen LogP contribution in [0, 0.1) is 0 Å². The topological polar surface area (TPSA) is 266 Å². The Morgan fingerprint density at radius 3 is 1.52 bits per heavy atom. The third kappa shape index (κ3) is 15.6. The molecular weight excluding hydrogens is 536 g/mol. The summed E-state index contributed by atoms with van der Waals surface area (Å²) in [7, 11) is 0. The molecule has 6 amide bonds. The van der Waals surface area contributed by atoms with Gasteiger partial charge in [0.15, 0.2) is 0 Å². The number of amides is 6. The van der Waals surface area contributed by atoms with Crippen molar-refractivity contribution in [3.63, 3.8) is 0 Å². The van der Waals surface area contributed by atoms with Crippen LogP contribution < -0.4 is 31.9 Å². The van der Waals surface area contributed by atoms with E-state index in [0.717, 1.165) is 6.92 Å². The molecular formula is C23H36N6O11. The summed E-state index contributed by atoms with van der Waals surface area (Å²) in [5, 5.41) is 31.4. The highest BCUT2D eigenvalue weighted by molar-refractivity contribution is 5.95. The number of carbonyl (C=O) groups excluding carboxylic acids is 7. The predicted molar refractivity (Wildman–Crippen MR) is 135 cm³/mol. The zero-order chi connectivity index (χ0) is 31.0. The number of carboxylic acid groups (broad SMARTS) is 2. The van der Waals surface area contributed by atoms with Gasteiger partial charge in [0.25, 0.3) is 0 Å². The molecule has 0 rings (SSSR count). The lowest BCUT2D eigenvalue weighted by Crippen LogP contribution is -2.55. The van der Waals surface area contributed by atoms with Crippen LogP contribution >= 0.6 is 0 Å². The lowest BCUT2D eigenvalue weighted by molar-refractivity contribution is -0.139. The Labute approximate surface area is 229 Å². The Morgan fingerprint density at radius 2 is 1.05 bits per heavy atom.